The van der Waals surface area contributed by atoms with E-state index in [1.807, 2.05) is 11.0 Å². The minimum absolute atomic E-state index is 0.201. The van der Waals surface area contributed by atoms with Crippen LogP contribution in [0.2, 0.25) is 0 Å². The van der Waals surface area contributed by atoms with Crippen molar-refractivity contribution in [3.8, 4) is 0 Å². The van der Waals surface area contributed by atoms with Crippen molar-refractivity contribution in [3.63, 3.8) is 0 Å². The molecule has 0 bridgehead atoms. The number of nitrogens with two attached hydrogens (primary N) is 1. The zero-order valence-electron chi connectivity index (χ0n) is 11.9. The monoisotopic (exact) mass is 273 g/mol. The van der Waals surface area contributed by atoms with Crippen molar-refractivity contribution in [1.82, 2.24) is 4.90 Å². The van der Waals surface area contributed by atoms with Crippen molar-refractivity contribution >= 4 is 11.6 Å². The van der Waals surface area contributed by atoms with Gasteiger partial charge in [0.2, 0.25) is 5.91 Å². The largest absolute Gasteiger partial charge is 0.368 e. The third-order valence-corrected chi connectivity index (χ3v) is 4.61. The SMILES string of the molecule is NC1(CC(=O)N2CCN(c3ccccc3)CC2)CCC1. The summed E-state index contributed by atoms with van der Waals surface area (Å²) in [7, 11) is 0. The lowest BCUT2D eigenvalue weighted by Crippen LogP contribution is -2.54. The van der Waals surface area contributed by atoms with E-state index >= 15 is 0 Å². The molecular formula is C16H23N3O. The van der Waals surface area contributed by atoms with Gasteiger partial charge in [-0.25, -0.2) is 0 Å². The molecule has 2 fully saturated rings. The summed E-state index contributed by atoms with van der Waals surface area (Å²) in [6.07, 6.45) is 3.70. The minimum atomic E-state index is -0.201. The number of hydrogen-bond donors (Lipinski definition) is 1. The van der Waals surface area contributed by atoms with E-state index in [4.69, 9.17) is 5.73 Å². The van der Waals surface area contributed by atoms with E-state index in [9.17, 15) is 4.79 Å². The first-order valence-electron chi connectivity index (χ1n) is 7.53. The fourth-order valence-electron chi connectivity index (χ4n) is 3.07. The van der Waals surface area contributed by atoms with Crippen LogP contribution in [-0.2, 0) is 4.79 Å². The highest BCUT2D eigenvalue weighted by Crippen LogP contribution is 2.32. The lowest BCUT2D eigenvalue weighted by molar-refractivity contribution is -0.133. The van der Waals surface area contributed by atoms with Crippen LogP contribution in [0.15, 0.2) is 30.3 Å². The molecule has 3 rings (SSSR count). The molecule has 1 amide bonds. The Kier molecular flexibility index (Phi) is 3.66. The molecule has 0 spiro atoms. The first-order chi connectivity index (χ1) is 9.66. The van der Waals surface area contributed by atoms with Crippen molar-refractivity contribution in [3.05, 3.63) is 30.3 Å². The summed E-state index contributed by atoms with van der Waals surface area (Å²) in [5.41, 5.74) is 7.21. The van der Waals surface area contributed by atoms with E-state index in [1.165, 1.54) is 12.1 Å². The Bertz CT molecular complexity index is 462. The van der Waals surface area contributed by atoms with Crippen LogP contribution in [0.4, 0.5) is 5.69 Å². The van der Waals surface area contributed by atoms with Gasteiger partial charge >= 0.3 is 0 Å². The highest BCUT2D eigenvalue weighted by molar-refractivity contribution is 5.78. The van der Waals surface area contributed by atoms with Crippen molar-refractivity contribution < 1.29 is 4.79 Å². The summed E-state index contributed by atoms with van der Waals surface area (Å²) >= 11 is 0. The number of rotatable bonds is 3. The van der Waals surface area contributed by atoms with Crippen LogP contribution in [0.3, 0.4) is 0 Å². The summed E-state index contributed by atoms with van der Waals surface area (Å²) in [5, 5.41) is 0. The Labute approximate surface area is 120 Å². The smallest absolute Gasteiger partial charge is 0.224 e. The predicted molar refractivity (Wildman–Crippen MR) is 80.6 cm³/mol. The van der Waals surface area contributed by atoms with E-state index in [0.29, 0.717) is 6.42 Å². The minimum Gasteiger partial charge on any atom is -0.368 e. The zero-order chi connectivity index (χ0) is 14.0. The number of piperazine rings is 1. The maximum absolute atomic E-state index is 12.3. The van der Waals surface area contributed by atoms with Gasteiger partial charge in [-0.1, -0.05) is 18.2 Å². The highest BCUT2D eigenvalue weighted by Gasteiger charge is 2.36. The van der Waals surface area contributed by atoms with Gasteiger partial charge in [0.25, 0.3) is 0 Å². The third-order valence-electron chi connectivity index (χ3n) is 4.61. The second kappa shape index (κ2) is 5.44. The van der Waals surface area contributed by atoms with E-state index in [1.54, 1.807) is 0 Å². The van der Waals surface area contributed by atoms with Gasteiger partial charge in [-0.05, 0) is 31.4 Å². The summed E-state index contributed by atoms with van der Waals surface area (Å²) < 4.78 is 0. The average Bonchev–Trinajstić information content (AvgIpc) is 2.47. The summed E-state index contributed by atoms with van der Waals surface area (Å²) in [5.74, 6) is 0.236. The van der Waals surface area contributed by atoms with Gasteiger partial charge in [0, 0.05) is 43.8 Å². The maximum Gasteiger partial charge on any atom is 0.224 e. The molecule has 1 saturated heterocycles. The molecule has 0 atom stereocenters. The predicted octanol–water partition coefficient (Wildman–Crippen LogP) is 1.61. The van der Waals surface area contributed by atoms with Crippen LogP contribution in [0.25, 0.3) is 0 Å². The van der Waals surface area contributed by atoms with Crippen LogP contribution in [0.5, 0.6) is 0 Å². The molecule has 2 N–H and O–H groups in total. The fourth-order valence-corrected chi connectivity index (χ4v) is 3.07. The Morgan fingerprint density at radius 1 is 1.10 bits per heavy atom. The van der Waals surface area contributed by atoms with Gasteiger partial charge in [0.15, 0.2) is 0 Å². The molecule has 4 heteroatoms. The van der Waals surface area contributed by atoms with E-state index in [-0.39, 0.29) is 11.4 Å². The number of hydrogen-bond acceptors (Lipinski definition) is 3. The number of carbonyl (C=O) groups is 1. The molecule has 1 aliphatic carbocycles. The molecule has 1 saturated carbocycles. The Morgan fingerprint density at radius 3 is 2.30 bits per heavy atom. The molecule has 20 heavy (non-hydrogen) atoms. The van der Waals surface area contributed by atoms with Gasteiger partial charge in [0.1, 0.15) is 0 Å². The van der Waals surface area contributed by atoms with Crippen molar-refractivity contribution in [2.75, 3.05) is 31.1 Å². The van der Waals surface area contributed by atoms with Gasteiger partial charge in [-0.15, -0.1) is 0 Å². The Hall–Kier alpha value is -1.55. The molecule has 1 aromatic carbocycles. The zero-order valence-corrected chi connectivity index (χ0v) is 11.9. The quantitative estimate of drug-likeness (QED) is 0.910. The standard InChI is InChI=1S/C16H23N3O/c17-16(7-4-8-16)13-15(20)19-11-9-18(10-12-19)14-5-2-1-3-6-14/h1-3,5-6H,4,7-13,17H2. The summed E-state index contributed by atoms with van der Waals surface area (Å²) in [4.78, 5) is 16.6. The van der Waals surface area contributed by atoms with E-state index in [0.717, 1.165) is 39.0 Å². The van der Waals surface area contributed by atoms with Gasteiger partial charge in [-0.2, -0.15) is 0 Å². The van der Waals surface area contributed by atoms with Gasteiger partial charge in [0.05, 0.1) is 0 Å². The number of carbonyl (C=O) groups excluding carboxylic acids is 1. The van der Waals surface area contributed by atoms with E-state index in [2.05, 4.69) is 29.2 Å². The molecule has 4 nitrogen and oxygen atoms in total. The van der Waals surface area contributed by atoms with Crippen LogP contribution >= 0.6 is 0 Å². The molecule has 1 aromatic rings. The lowest BCUT2D eigenvalue weighted by Gasteiger charge is -2.41. The van der Waals surface area contributed by atoms with Crippen molar-refractivity contribution in [2.45, 2.75) is 31.2 Å². The van der Waals surface area contributed by atoms with Crippen LogP contribution in [-0.4, -0.2) is 42.5 Å². The Morgan fingerprint density at radius 2 is 1.75 bits per heavy atom. The number of benzene rings is 1. The average molecular weight is 273 g/mol. The normalized spacial score (nSPS) is 21.4. The molecule has 0 unspecified atom stereocenters. The topological polar surface area (TPSA) is 49.6 Å². The summed E-state index contributed by atoms with van der Waals surface area (Å²) in [6, 6.07) is 10.4. The second-order valence-corrected chi connectivity index (χ2v) is 6.10. The molecular weight excluding hydrogens is 250 g/mol. The van der Waals surface area contributed by atoms with Crippen molar-refractivity contribution in [2.24, 2.45) is 5.73 Å². The highest BCUT2D eigenvalue weighted by atomic mass is 16.2. The van der Waals surface area contributed by atoms with Crippen LogP contribution < -0.4 is 10.6 Å². The fraction of sp³-hybridized carbons (Fsp3) is 0.562. The van der Waals surface area contributed by atoms with Gasteiger partial charge < -0.3 is 15.5 Å². The number of amides is 1. The molecule has 2 aliphatic rings. The molecule has 1 aliphatic heterocycles. The first kappa shape index (κ1) is 13.4. The Balaban J connectivity index is 1.52. The van der Waals surface area contributed by atoms with Gasteiger partial charge in [-0.3, -0.25) is 4.79 Å². The molecule has 0 radical (unpaired) electrons. The number of nitrogens with zero attached hydrogens (tertiary/aromatic N) is 2. The molecule has 1 heterocycles. The number of para-hydroxylation sites is 1. The third kappa shape index (κ3) is 2.80. The van der Waals surface area contributed by atoms with E-state index < -0.39 is 0 Å². The van der Waals surface area contributed by atoms with Crippen LogP contribution in [0.1, 0.15) is 25.7 Å². The first-order valence-corrected chi connectivity index (χ1v) is 7.53. The molecule has 0 aromatic heterocycles. The maximum atomic E-state index is 12.3. The number of anilines is 1. The second-order valence-electron chi connectivity index (χ2n) is 6.10. The van der Waals surface area contributed by atoms with Crippen molar-refractivity contribution in [1.29, 1.82) is 0 Å². The van der Waals surface area contributed by atoms with Crippen LogP contribution in [0, 0.1) is 0 Å². The molecule has 108 valence electrons. The summed E-state index contributed by atoms with van der Waals surface area (Å²) in [6.45, 7) is 3.44. The lowest BCUT2D eigenvalue weighted by atomic mass is 9.75.